The fourth-order valence-corrected chi connectivity index (χ4v) is 2.54. The lowest BCUT2D eigenvalue weighted by molar-refractivity contribution is -0.138. The maximum Gasteiger partial charge on any atom is 0.138 e. The molecule has 0 amide bonds. The summed E-state index contributed by atoms with van der Waals surface area (Å²) in [6.07, 6.45) is 3.13. The molecule has 0 heterocycles. The van der Waals surface area contributed by atoms with E-state index in [1.54, 1.807) is 0 Å². The molecule has 0 saturated heterocycles. The summed E-state index contributed by atoms with van der Waals surface area (Å²) >= 11 is 0. The average molecular weight is 166 g/mol. The predicted octanol–water partition coefficient (Wildman–Crippen LogP) is 1.58. The molecular formula is C10H14O2. The van der Waals surface area contributed by atoms with E-state index in [0.717, 1.165) is 19.3 Å². The van der Waals surface area contributed by atoms with Gasteiger partial charge in [0.2, 0.25) is 0 Å². The number of hydrogen-bond acceptors (Lipinski definition) is 2. The highest BCUT2D eigenvalue weighted by atomic mass is 16.1. The molecule has 2 bridgehead atoms. The zero-order valence-corrected chi connectivity index (χ0v) is 7.38. The van der Waals surface area contributed by atoms with Gasteiger partial charge in [0.15, 0.2) is 0 Å². The van der Waals surface area contributed by atoms with Gasteiger partial charge in [0.25, 0.3) is 0 Å². The van der Waals surface area contributed by atoms with Gasteiger partial charge in [0, 0.05) is 24.2 Å². The van der Waals surface area contributed by atoms with Crippen LogP contribution in [0, 0.1) is 17.8 Å². The summed E-state index contributed by atoms with van der Waals surface area (Å²) in [5.74, 6) is 1.37. The molecule has 2 fully saturated rings. The third-order valence-electron chi connectivity index (χ3n) is 3.29. The first-order chi connectivity index (χ1) is 5.68. The zero-order chi connectivity index (χ0) is 8.72. The van der Waals surface area contributed by atoms with E-state index in [-0.39, 0.29) is 17.8 Å². The Morgan fingerprint density at radius 1 is 1.17 bits per heavy atom. The Morgan fingerprint density at radius 2 is 1.92 bits per heavy atom. The van der Waals surface area contributed by atoms with Crippen molar-refractivity contribution in [2.75, 3.05) is 0 Å². The summed E-state index contributed by atoms with van der Waals surface area (Å²) < 4.78 is 0. The highest BCUT2D eigenvalue weighted by Crippen LogP contribution is 2.38. The summed E-state index contributed by atoms with van der Waals surface area (Å²) in [6, 6.07) is 0. The Hall–Kier alpha value is -0.660. The molecule has 12 heavy (non-hydrogen) atoms. The van der Waals surface area contributed by atoms with E-state index in [2.05, 4.69) is 0 Å². The van der Waals surface area contributed by atoms with Crippen LogP contribution in [-0.4, -0.2) is 11.6 Å². The lowest BCUT2D eigenvalue weighted by atomic mass is 9.67. The molecule has 0 aromatic carbocycles. The van der Waals surface area contributed by atoms with Crippen LogP contribution < -0.4 is 0 Å². The van der Waals surface area contributed by atoms with E-state index in [0.29, 0.717) is 18.0 Å². The number of rotatable bonds is 0. The number of carbonyl (C=O) groups is 2. The third kappa shape index (κ3) is 1.10. The van der Waals surface area contributed by atoms with Crippen LogP contribution >= 0.6 is 0 Å². The van der Waals surface area contributed by atoms with Gasteiger partial charge in [-0.05, 0) is 19.3 Å². The van der Waals surface area contributed by atoms with Crippen LogP contribution in [0.5, 0.6) is 0 Å². The molecule has 0 spiro atoms. The zero-order valence-electron chi connectivity index (χ0n) is 7.38. The molecule has 2 saturated carbocycles. The fourth-order valence-electron chi connectivity index (χ4n) is 2.54. The smallest absolute Gasteiger partial charge is 0.138 e. The first kappa shape index (κ1) is 7.96. The van der Waals surface area contributed by atoms with Crippen LogP contribution in [0.3, 0.4) is 0 Å². The van der Waals surface area contributed by atoms with Crippen LogP contribution in [0.15, 0.2) is 0 Å². The largest absolute Gasteiger partial charge is 0.299 e. The van der Waals surface area contributed by atoms with Crippen LogP contribution in [0.4, 0.5) is 0 Å². The van der Waals surface area contributed by atoms with E-state index >= 15 is 0 Å². The topological polar surface area (TPSA) is 34.1 Å². The molecule has 0 aromatic rings. The van der Waals surface area contributed by atoms with Crippen LogP contribution in [-0.2, 0) is 9.59 Å². The number of Topliss-reactive ketones (excluding diaryl/α,β-unsaturated/α-hetero) is 2. The molecule has 0 N–H and O–H groups in total. The van der Waals surface area contributed by atoms with Crippen molar-refractivity contribution in [2.45, 2.75) is 32.6 Å². The Kier molecular flexibility index (Phi) is 1.78. The van der Waals surface area contributed by atoms with Gasteiger partial charge in [0.1, 0.15) is 11.6 Å². The molecule has 0 aromatic heterocycles. The lowest BCUT2D eigenvalue weighted by Gasteiger charge is -2.35. The Morgan fingerprint density at radius 3 is 2.67 bits per heavy atom. The van der Waals surface area contributed by atoms with Gasteiger partial charge >= 0.3 is 0 Å². The summed E-state index contributed by atoms with van der Waals surface area (Å²) in [5, 5.41) is 0. The highest BCUT2D eigenvalue weighted by molar-refractivity contribution is 5.90. The third-order valence-corrected chi connectivity index (χ3v) is 3.29. The van der Waals surface area contributed by atoms with Crippen molar-refractivity contribution in [3.05, 3.63) is 0 Å². The number of carbonyl (C=O) groups excluding carboxylic acids is 2. The van der Waals surface area contributed by atoms with Gasteiger partial charge in [-0.15, -0.1) is 0 Å². The van der Waals surface area contributed by atoms with Gasteiger partial charge in [-0.1, -0.05) is 6.92 Å². The summed E-state index contributed by atoms with van der Waals surface area (Å²) in [7, 11) is 0. The van der Waals surface area contributed by atoms with Crippen LogP contribution in [0.2, 0.25) is 0 Å². The predicted molar refractivity (Wildman–Crippen MR) is 44.6 cm³/mol. The molecule has 0 radical (unpaired) electrons. The number of fused-ring (bicyclic) bond motifs is 2. The monoisotopic (exact) mass is 166 g/mol. The molecule has 2 rings (SSSR count). The molecular weight excluding hydrogens is 152 g/mol. The molecule has 2 aliphatic rings. The minimum absolute atomic E-state index is 0.137. The summed E-state index contributed by atoms with van der Waals surface area (Å²) in [5.41, 5.74) is 0. The second-order valence-corrected chi connectivity index (χ2v) is 4.17. The highest BCUT2D eigenvalue weighted by Gasteiger charge is 2.40. The second kappa shape index (κ2) is 2.68. The van der Waals surface area contributed by atoms with Crippen molar-refractivity contribution >= 4 is 11.6 Å². The van der Waals surface area contributed by atoms with Crippen molar-refractivity contribution in [2.24, 2.45) is 17.8 Å². The summed E-state index contributed by atoms with van der Waals surface area (Å²) in [4.78, 5) is 22.9. The van der Waals surface area contributed by atoms with Crippen molar-refractivity contribution in [3.63, 3.8) is 0 Å². The van der Waals surface area contributed by atoms with E-state index in [9.17, 15) is 9.59 Å². The Balaban J connectivity index is 2.18. The van der Waals surface area contributed by atoms with Gasteiger partial charge in [0.05, 0.1) is 0 Å². The van der Waals surface area contributed by atoms with Gasteiger partial charge in [-0.2, -0.15) is 0 Å². The van der Waals surface area contributed by atoms with Crippen molar-refractivity contribution in [1.82, 2.24) is 0 Å². The van der Waals surface area contributed by atoms with Crippen molar-refractivity contribution in [3.8, 4) is 0 Å². The quantitative estimate of drug-likeness (QED) is 0.547. The normalized spacial score (nSPS) is 41.6. The second-order valence-electron chi connectivity index (χ2n) is 4.17. The Bertz CT molecular complexity index is 230. The van der Waals surface area contributed by atoms with Gasteiger partial charge < -0.3 is 0 Å². The number of hydrogen-bond donors (Lipinski definition) is 0. The molecule has 2 nitrogen and oxygen atoms in total. The molecule has 2 aliphatic carbocycles. The molecule has 3 unspecified atom stereocenters. The Labute approximate surface area is 72.3 Å². The van der Waals surface area contributed by atoms with Crippen LogP contribution in [0.1, 0.15) is 32.6 Å². The van der Waals surface area contributed by atoms with Crippen molar-refractivity contribution in [1.29, 1.82) is 0 Å². The van der Waals surface area contributed by atoms with Crippen LogP contribution in [0.25, 0.3) is 0 Å². The lowest BCUT2D eigenvalue weighted by Crippen LogP contribution is -2.38. The standard InChI is InChI=1S/C10H14O2/c1-6-4-8-5-7(10(6)12)2-3-9(8)11/h6-8H,2-5H2,1H3. The molecule has 0 aliphatic heterocycles. The van der Waals surface area contributed by atoms with E-state index in [1.807, 2.05) is 6.92 Å². The fraction of sp³-hybridized carbons (Fsp3) is 0.800. The van der Waals surface area contributed by atoms with E-state index < -0.39 is 0 Å². The van der Waals surface area contributed by atoms with Crippen molar-refractivity contribution < 1.29 is 9.59 Å². The van der Waals surface area contributed by atoms with Gasteiger partial charge in [-0.3, -0.25) is 9.59 Å². The minimum atomic E-state index is 0.137. The molecule has 2 heteroatoms. The first-order valence-corrected chi connectivity index (χ1v) is 4.75. The molecule has 66 valence electrons. The van der Waals surface area contributed by atoms with E-state index in [1.165, 1.54) is 0 Å². The molecule has 3 atom stereocenters. The van der Waals surface area contributed by atoms with E-state index in [4.69, 9.17) is 0 Å². The SMILES string of the molecule is CC1CC2CC(CCC2=O)C1=O. The maximum atomic E-state index is 11.5. The van der Waals surface area contributed by atoms with Gasteiger partial charge in [-0.25, -0.2) is 0 Å². The first-order valence-electron chi connectivity index (χ1n) is 4.75. The number of ketones is 2. The average Bonchev–Trinajstić information content (AvgIpc) is 2.06. The maximum absolute atomic E-state index is 11.5. The summed E-state index contributed by atoms with van der Waals surface area (Å²) in [6.45, 7) is 1.96. The minimum Gasteiger partial charge on any atom is -0.299 e.